The summed E-state index contributed by atoms with van der Waals surface area (Å²) >= 11 is 1.39. The molecule has 3 aromatic rings. The first-order chi connectivity index (χ1) is 14.0. The molecular formula is C21H24N4O3S. The van der Waals surface area contributed by atoms with Crippen molar-refractivity contribution in [2.75, 3.05) is 39.4 Å². The van der Waals surface area contributed by atoms with Crippen molar-refractivity contribution in [3.63, 3.8) is 0 Å². The number of anilines is 1. The maximum atomic E-state index is 12.5. The topological polar surface area (TPSA) is 76.6 Å². The Balaban J connectivity index is 1.75. The van der Waals surface area contributed by atoms with E-state index in [-0.39, 0.29) is 11.7 Å². The van der Waals surface area contributed by atoms with Gasteiger partial charge in [0, 0.05) is 29.3 Å². The highest BCUT2D eigenvalue weighted by Gasteiger charge is 2.12. The lowest BCUT2D eigenvalue weighted by molar-refractivity contribution is -0.113. The predicted octanol–water partition coefficient (Wildman–Crippen LogP) is 3.44. The quantitative estimate of drug-likeness (QED) is 0.449. The van der Waals surface area contributed by atoms with Gasteiger partial charge in [-0.1, -0.05) is 30.0 Å². The smallest absolute Gasteiger partial charge is 0.234 e. The van der Waals surface area contributed by atoms with E-state index in [1.807, 2.05) is 43.3 Å². The second-order valence-electron chi connectivity index (χ2n) is 6.64. The zero-order chi connectivity index (χ0) is 20.8. The first-order valence-corrected chi connectivity index (χ1v) is 10.0. The first kappa shape index (κ1) is 20.9. The molecule has 1 heterocycles. The molecule has 8 heteroatoms. The Morgan fingerprint density at radius 2 is 1.76 bits per heavy atom. The number of rotatable bonds is 8. The van der Waals surface area contributed by atoms with E-state index in [9.17, 15) is 4.79 Å². The number of carbonyl (C=O) groups is 1. The first-order valence-electron chi connectivity index (χ1n) is 9.04. The van der Waals surface area contributed by atoms with Crippen LogP contribution in [0.1, 0.15) is 5.82 Å². The average Bonchev–Trinajstić information content (AvgIpc) is 2.71. The number of benzene rings is 2. The van der Waals surface area contributed by atoms with E-state index in [1.54, 1.807) is 32.4 Å². The Morgan fingerprint density at radius 3 is 2.41 bits per heavy atom. The summed E-state index contributed by atoms with van der Waals surface area (Å²) < 4.78 is 10.5. The maximum absolute atomic E-state index is 12.5. The molecule has 0 saturated heterocycles. The third-order valence-corrected chi connectivity index (χ3v) is 5.04. The minimum atomic E-state index is -0.137. The highest BCUT2D eigenvalue weighted by Crippen LogP contribution is 2.28. The van der Waals surface area contributed by atoms with Gasteiger partial charge in [-0.25, -0.2) is 9.97 Å². The van der Waals surface area contributed by atoms with Gasteiger partial charge in [-0.15, -0.1) is 0 Å². The molecule has 0 saturated carbocycles. The molecule has 7 nitrogen and oxygen atoms in total. The molecule has 0 aliphatic rings. The number of methoxy groups -OCH3 is 2. The van der Waals surface area contributed by atoms with Crippen LogP contribution in [0.15, 0.2) is 47.5 Å². The van der Waals surface area contributed by atoms with E-state index in [4.69, 9.17) is 9.47 Å². The van der Waals surface area contributed by atoms with E-state index in [1.165, 1.54) is 11.8 Å². The molecule has 0 unspecified atom stereocenters. The molecule has 0 atom stereocenters. The van der Waals surface area contributed by atoms with E-state index in [0.717, 1.165) is 21.8 Å². The van der Waals surface area contributed by atoms with Crippen molar-refractivity contribution >= 4 is 34.3 Å². The molecule has 3 rings (SSSR count). The van der Waals surface area contributed by atoms with E-state index in [2.05, 4.69) is 15.3 Å². The number of para-hydroxylation sites is 1. The summed E-state index contributed by atoms with van der Waals surface area (Å²) in [4.78, 5) is 23.8. The number of fused-ring (bicyclic) bond motifs is 1. The summed E-state index contributed by atoms with van der Waals surface area (Å²) in [6, 6.07) is 13.1. The minimum absolute atomic E-state index is 0.137. The Bertz CT molecular complexity index is 988. The van der Waals surface area contributed by atoms with Crippen molar-refractivity contribution in [1.29, 1.82) is 0 Å². The Morgan fingerprint density at radius 1 is 1.07 bits per heavy atom. The molecule has 2 aromatic carbocycles. The number of aromatic nitrogens is 2. The number of ether oxygens (including phenoxy) is 2. The van der Waals surface area contributed by atoms with Crippen molar-refractivity contribution in [1.82, 2.24) is 14.9 Å². The van der Waals surface area contributed by atoms with Gasteiger partial charge >= 0.3 is 0 Å². The van der Waals surface area contributed by atoms with E-state index in [0.29, 0.717) is 23.7 Å². The molecule has 1 amide bonds. The van der Waals surface area contributed by atoms with Crippen molar-refractivity contribution in [2.45, 2.75) is 11.6 Å². The number of nitrogens with zero attached hydrogens (tertiary/aromatic N) is 3. The zero-order valence-electron chi connectivity index (χ0n) is 16.9. The fourth-order valence-electron chi connectivity index (χ4n) is 2.77. The lowest BCUT2D eigenvalue weighted by atomic mass is 10.2. The van der Waals surface area contributed by atoms with Crippen LogP contribution in [0.5, 0.6) is 11.5 Å². The highest BCUT2D eigenvalue weighted by molar-refractivity contribution is 8.00. The van der Waals surface area contributed by atoms with Crippen LogP contribution in [0.25, 0.3) is 10.9 Å². The van der Waals surface area contributed by atoms with Crippen molar-refractivity contribution < 1.29 is 14.3 Å². The normalized spacial score (nSPS) is 10.9. The number of hydrogen-bond donors (Lipinski definition) is 1. The second-order valence-corrected chi connectivity index (χ2v) is 7.60. The lowest BCUT2D eigenvalue weighted by Gasteiger charge is -2.12. The van der Waals surface area contributed by atoms with Crippen LogP contribution >= 0.6 is 11.8 Å². The molecule has 0 bridgehead atoms. The van der Waals surface area contributed by atoms with Gasteiger partial charge in [-0.2, -0.15) is 0 Å². The Labute approximate surface area is 174 Å². The Hall–Kier alpha value is -2.84. The van der Waals surface area contributed by atoms with E-state index >= 15 is 0 Å². The zero-order valence-corrected chi connectivity index (χ0v) is 17.7. The second kappa shape index (κ2) is 9.58. The molecule has 1 aromatic heterocycles. The van der Waals surface area contributed by atoms with Crippen molar-refractivity contribution in [2.24, 2.45) is 0 Å². The van der Waals surface area contributed by atoms with Gasteiger partial charge in [0.15, 0.2) is 0 Å². The number of hydrogen-bond acceptors (Lipinski definition) is 7. The number of nitrogens with one attached hydrogen (secondary N) is 1. The van der Waals surface area contributed by atoms with Crippen LogP contribution in [-0.2, 0) is 11.3 Å². The van der Waals surface area contributed by atoms with Gasteiger partial charge < -0.3 is 19.7 Å². The third-order valence-electron chi connectivity index (χ3n) is 4.05. The summed E-state index contributed by atoms with van der Waals surface area (Å²) in [7, 11) is 7.09. The van der Waals surface area contributed by atoms with Gasteiger partial charge in [0.1, 0.15) is 22.3 Å². The number of carbonyl (C=O) groups excluding carboxylic acids is 1. The fraction of sp³-hybridized carbons (Fsp3) is 0.286. The van der Waals surface area contributed by atoms with Crippen LogP contribution in [0.4, 0.5) is 5.69 Å². The number of amides is 1. The van der Waals surface area contributed by atoms with Crippen LogP contribution in [0, 0.1) is 0 Å². The van der Waals surface area contributed by atoms with Crippen molar-refractivity contribution in [3.8, 4) is 11.5 Å². The van der Waals surface area contributed by atoms with Crippen LogP contribution < -0.4 is 14.8 Å². The molecule has 0 fully saturated rings. The summed E-state index contributed by atoms with van der Waals surface area (Å²) in [5.74, 6) is 2.04. The molecule has 0 aliphatic heterocycles. The molecule has 0 radical (unpaired) electrons. The van der Waals surface area contributed by atoms with Gasteiger partial charge in [0.25, 0.3) is 0 Å². The lowest BCUT2D eigenvalue weighted by Crippen LogP contribution is -2.15. The van der Waals surface area contributed by atoms with Crippen LogP contribution in [-0.4, -0.2) is 54.8 Å². The SMILES string of the molecule is COc1cc(NC(=O)CSc2nc(CN(C)C)nc3ccccc23)cc(OC)c1. The molecule has 1 N–H and O–H groups in total. The standard InChI is InChI=1S/C21H24N4O3S/c1-25(2)12-19-23-18-8-6-5-7-17(18)21(24-19)29-13-20(26)22-14-9-15(27-3)11-16(10-14)28-4/h5-11H,12-13H2,1-4H3,(H,22,26). The monoisotopic (exact) mass is 412 g/mol. The molecule has 152 valence electrons. The summed E-state index contributed by atoms with van der Waals surface area (Å²) in [6.45, 7) is 0.633. The summed E-state index contributed by atoms with van der Waals surface area (Å²) in [5, 5.41) is 4.62. The molecular weight excluding hydrogens is 388 g/mol. The maximum Gasteiger partial charge on any atom is 0.234 e. The van der Waals surface area contributed by atoms with Gasteiger partial charge in [0.05, 0.1) is 32.0 Å². The van der Waals surface area contributed by atoms with Gasteiger partial charge in [-0.3, -0.25) is 4.79 Å². The van der Waals surface area contributed by atoms with E-state index < -0.39 is 0 Å². The molecule has 0 spiro atoms. The minimum Gasteiger partial charge on any atom is -0.497 e. The Kier molecular flexibility index (Phi) is 6.90. The highest BCUT2D eigenvalue weighted by atomic mass is 32.2. The number of thioether (sulfide) groups is 1. The third kappa shape index (κ3) is 5.58. The van der Waals surface area contributed by atoms with Gasteiger partial charge in [0.2, 0.25) is 5.91 Å². The van der Waals surface area contributed by atoms with Gasteiger partial charge in [-0.05, 0) is 20.2 Å². The average molecular weight is 413 g/mol. The van der Waals surface area contributed by atoms with Crippen molar-refractivity contribution in [3.05, 3.63) is 48.3 Å². The summed E-state index contributed by atoms with van der Waals surface area (Å²) in [5.41, 5.74) is 1.49. The fourth-order valence-corrected chi connectivity index (χ4v) is 3.61. The summed E-state index contributed by atoms with van der Waals surface area (Å²) in [6.07, 6.45) is 0. The molecule has 29 heavy (non-hydrogen) atoms. The van der Waals surface area contributed by atoms with Crippen LogP contribution in [0.2, 0.25) is 0 Å². The van der Waals surface area contributed by atoms with Crippen LogP contribution in [0.3, 0.4) is 0 Å². The predicted molar refractivity (Wildman–Crippen MR) is 116 cm³/mol. The largest absolute Gasteiger partial charge is 0.497 e. The molecule has 0 aliphatic carbocycles.